The summed E-state index contributed by atoms with van der Waals surface area (Å²) in [6, 6.07) is 7.34. The first kappa shape index (κ1) is 9.41. The molecule has 0 saturated heterocycles. The molecule has 2 aromatic rings. The predicted molar refractivity (Wildman–Crippen MR) is 52.5 cm³/mol. The van der Waals surface area contributed by atoms with Gasteiger partial charge in [0.05, 0.1) is 6.20 Å². The van der Waals surface area contributed by atoms with E-state index in [-0.39, 0.29) is 5.56 Å². The molecule has 0 bridgehead atoms. The van der Waals surface area contributed by atoms with Gasteiger partial charge in [0.15, 0.2) is 0 Å². The maximum atomic E-state index is 11.1. The van der Waals surface area contributed by atoms with Crippen molar-refractivity contribution in [1.29, 1.82) is 0 Å². The van der Waals surface area contributed by atoms with Crippen molar-refractivity contribution < 1.29 is 0 Å². The molecule has 0 radical (unpaired) electrons. The Balaban J connectivity index is 0.000000396. The number of hydrogen-bond donors (Lipinski definition) is 2. The smallest absolute Gasteiger partial charge is 0.272 e. The van der Waals surface area contributed by atoms with Crippen LogP contribution in [0.25, 0.3) is 10.8 Å². The van der Waals surface area contributed by atoms with Gasteiger partial charge in [-0.3, -0.25) is 4.79 Å². The van der Waals surface area contributed by atoms with Crippen molar-refractivity contribution >= 4 is 10.8 Å². The zero-order valence-corrected chi connectivity index (χ0v) is 7.32. The minimum atomic E-state index is -0.136. The molecular formula is C9H11N3O. The van der Waals surface area contributed by atoms with E-state index in [0.717, 1.165) is 5.39 Å². The summed E-state index contributed by atoms with van der Waals surface area (Å²) in [5.74, 6) is 0. The Kier molecular flexibility index (Phi) is 3.16. The number of aromatic amines is 1. The minimum Gasteiger partial charge on any atom is -0.333 e. The highest BCUT2D eigenvalue weighted by atomic mass is 16.1. The molecule has 0 fully saturated rings. The zero-order chi connectivity index (χ0) is 9.68. The van der Waals surface area contributed by atoms with Crippen molar-refractivity contribution in [3.63, 3.8) is 0 Å². The molecule has 1 aromatic carbocycles. The van der Waals surface area contributed by atoms with Crippen LogP contribution >= 0.6 is 0 Å². The van der Waals surface area contributed by atoms with Crippen molar-refractivity contribution in [1.82, 2.24) is 10.2 Å². The van der Waals surface area contributed by atoms with Crippen molar-refractivity contribution in [3.8, 4) is 0 Å². The Morgan fingerprint density at radius 1 is 1.31 bits per heavy atom. The van der Waals surface area contributed by atoms with Gasteiger partial charge in [0.2, 0.25) is 0 Å². The number of aromatic nitrogens is 2. The summed E-state index contributed by atoms with van der Waals surface area (Å²) < 4.78 is 0. The summed E-state index contributed by atoms with van der Waals surface area (Å²) in [5.41, 5.74) is 4.36. The number of fused-ring (bicyclic) bond motifs is 1. The van der Waals surface area contributed by atoms with E-state index >= 15 is 0 Å². The molecule has 3 N–H and O–H groups in total. The largest absolute Gasteiger partial charge is 0.333 e. The third kappa shape index (κ3) is 1.91. The van der Waals surface area contributed by atoms with Crippen LogP contribution in [0.15, 0.2) is 35.3 Å². The lowest BCUT2D eigenvalue weighted by atomic mass is 10.2. The highest BCUT2D eigenvalue weighted by Gasteiger charge is 1.93. The molecule has 68 valence electrons. The quantitative estimate of drug-likeness (QED) is 0.615. The third-order valence-corrected chi connectivity index (χ3v) is 1.58. The van der Waals surface area contributed by atoms with Crippen LogP contribution in [0.5, 0.6) is 0 Å². The van der Waals surface area contributed by atoms with Gasteiger partial charge in [-0.25, -0.2) is 5.10 Å². The fraction of sp³-hybridized carbons (Fsp3) is 0.111. The molecule has 0 amide bonds. The fourth-order valence-electron chi connectivity index (χ4n) is 1.04. The van der Waals surface area contributed by atoms with E-state index < -0.39 is 0 Å². The summed E-state index contributed by atoms with van der Waals surface area (Å²) in [6.07, 6.45) is 1.64. The molecule has 4 nitrogen and oxygen atoms in total. The predicted octanol–water partition coefficient (Wildman–Crippen LogP) is 0.498. The van der Waals surface area contributed by atoms with Crippen LogP contribution in [0.3, 0.4) is 0 Å². The monoisotopic (exact) mass is 177 g/mol. The summed E-state index contributed by atoms with van der Waals surface area (Å²) in [4.78, 5) is 11.1. The first-order valence-corrected chi connectivity index (χ1v) is 3.88. The lowest BCUT2D eigenvalue weighted by molar-refractivity contribution is 1.01. The SMILES string of the molecule is CN.O=c1[nH]ncc2ccccc12. The topological polar surface area (TPSA) is 71.8 Å². The summed E-state index contributed by atoms with van der Waals surface area (Å²) >= 11 is 0. The van der Waals surface area contributed by atoms with Crippen molar-refractivity contribution in [2.45, 2.75) is 0 Å². The van der Waals surface area contributed by atoms with Crippen LogP contribution in [0.4, 0.5) is 0 Å². The molecule has 0 aliphatic carbocycles. The highest BCUT2D eigenvalue weighted by molar-refractivity contribution is 5.80. The molecule has 0 aliphatic rings. The summed E-state index contributed by atoms with van der Waals surface area (Å²) in [5, 5.41) is 7.60. The first-order valence-electron chi connectivity index (χ1n) is 3.88. The molecule has 2 rings (SSSR count). The zero-order valence-electron chi connectivity index (χ0n) is 7.32. The van der Waals surface area contributed by atoms with Crippen LogP contribution in [-0.2, 0) is 0 Å². The van der Waals surface area contributed by atoms with Gasteiger partial charge >= 0.3 is 0 Å². The van der Waals surface area contributed by atoms with E-state index in [1.165, 1.54) is 7.05 Å². The molecule has 4 heteroatoms. The van der Waals surface area contributed by atoms with Crippen molar-refractivity contribution in [2.75, 3.05) is 7.05 Å². The normalized spacial score (nSPS) is 9.08. The second-order valence-corrected chi connectivity index (χ2v) is 2.29. The number of rotatable bonds is 0. The Hall–Kier alpha value is -1.68. The van der Waals surface area contributed by atoms with Crippen LogP contribution in [0.2, 0.25) is 0 Å². The Morgan fingerprint density at radius 2 is 2.00 bits per heavy atom. The van der Waals surface area contributed by atoms with Crippen LogP contribution < -0.4 is 11.3 Å². The van der Waals surface area contributed by atoms with Crippen LogP contribution in [0, 0.1) is 0 Å². The molecule has 0 spiro atoms. The first-order chi connectivity index (χ1) is 6.38. The van der Waals surface area contributed by atoms with Crippen LogP contribution in [0.1, 0.15) is 0 Å². The molecular weight excluding hydrogens is 166 g/mol. The number of nitrogens with one attached hydrogen (secondary N) is 1. The molecule has 1 heterocycles. The third-order valence-electron chi connectivity index (χ3n) is 1.58. The number of nitrogens with zero attached hydrogens (tertiary/aromatic N) is 1. The number of hydrogen-bond acceptors (Lipinski definition) is 3. The van der Waals surface area contributed by atoms with Gasteiger partial charge in [-0.1, -0.05) is 18.2 Å². The second-order valence-electron chi connectivity index (χ2n) is 2.29. The Labute approximate surface area is 75.4 Å². The lowest BCUT2D eigenvalue weighted by Crippen LogP contribution is -2.06. The van der Waals surface area contributed by atoms with Gasteiger partial charge in [0.1, 0.15) is 0 Å². The van der Waals surface area contributed by atoms with Crippen molar-refractivity contribution in [2.24, 2.45) is 5.73 Å². The Morgan fingerprint density at radius 3 is 2.69 bits per heavy atom. The average molecular weight is 177 g/mol. The van der Waals surface area contributed by atoms with E-state index in [0.29, 0.717) is 5.39 Å². The van der Waals surface area contributed by atoms with E-state index in [9.17, 15) is 4.79 Å². The molecule has 1 aromatic heterocycles. The van der Waals surface area contributed by atoms with E-state index in [2.05, 4.69) is 15.9 Å². The van der Waals surface area contributed by atoms with E-state index in [1.54, 1.807) is 12.3 Å². The van der Waals surface area contributed by atoms with Crippen molar-refractivity contribution in [3.05, 3.63) is 40.8 Å². The summed E-state index contributed by atoms with van der Waals surface area (Å²) in [7, 11) is 1.50. The van der Waals surface area contributed by atoms with Gasteiger partial charge < -0.3 is 5.73 Å². The van der Waals surface area contributed by atoms with Gasteiger partial charge in [-0.2, -0.15) is 5.10 Å². The average Bonchev–Trinajstić information content (AvgIpc) is 2.22. The lowest BCUT2D eigenvalue weighted by Gasteiger charge is -1.91. The van der Waals surface area contributed by atoms with Gasteiger partial charge in [0.25, 0.3) is 5.56 Å². The maximum absolute atomic E-state index is 11.1. The second kappa shape index (κ2) is 4.37. The number of benzene rings is 1. The van der Waals surface area contributed by atoms with E-state index in [4.69, 9.17) is 0 Å². The Bertz CT molecular complexity index is 431. The standard InChI is InChI=1S/C8H6N2O.CH5N/c11-8-7-4-2-1-3-6(7)5-9-10-8;1-2/h1-5H,(H,10,11);2H2,1H3. The number of H-pyrrole nitrogens is 1. The minimum absolute atomic E-state index is 0.136. The molecule has 0 aliphatic heterocycles. The van der Waals surface area contributed by atoms with Gasteiger partial charge in [0, 0.05) is 10.8 Å². The highest BCUT2D eigenvalue weighted by Crippen LogP contribution is 2.04. The van der Waals surface area contributed by atoms with E-state index in [1.807, 2.05) is 18.2 Å². The summed E-state index contributed by atoms with van der Waals surface area (Å²) in [6.45, 7) is 0. The van der Waals surface area contributed by atoms with Gasteiger partial charge in [-0.05, 0) is 13.1 Å². The molecule has 0 unspecified atom stereocenters. The molecule has 0 saturated carbocycles. The molecule has 13 heavy (non-hydrogen) atoms. The van der Waals surface area contributed by atoms with Crippen LogP contribution in [-0.4, -0.2) is 17.2 Å². The molecule has 0 atom stereocenters. The fourth-order valence-corrected chi connectivity index (χ4v) is 1.04. The van der Waals surface area contributed by atoms with Gasteiger partial charge in [-0.15, -0.1) is 0 Å². The number of nitrogens with two attached hydrogens (primary N) is 1. The maximum Gasteiger partial charge on any atom is 0.272 e.